The lowest BCUT2D eigenvalue weighted by Gasteiger charge is -2.31. The summed E-state index contributed by atoms with van der Waals surface area (Å²) in [7, 11) is 1.99. The number of benzene rings is 1. The predicted molar refractivity (Wildman–Crippen MR) is 72.9 cm³/mol. The Bertz CT molecular complexity index is 429. The second-order valence-corrected chi connectivity index (χ2v) is 5.15. The number of nitrogens with zero attached hydrogens (tertiary/aromatic N) is 1. The zero-order valence-electron chi connectivity index (χ0n) is 9.95. The number of halogens is 1. The zero-order chi connectivity index (χ0) is 12.4. The molecule has 0 aliphatic heterocycles. The van der Waals surface area contributed by atoms with Gasteiger partial charge in [0, 0.05) is 24.8 Å². The van der Waals surface area contributed by atoms with Gasteiger partial charge in [0.1, 0.15) is 10.8 Å². The highest BCUT2D eigenvalue weighted by atomic mass is 32.1. The highest BCUT2D eigenvalue weighted by Gasteiger charge is 2.19. The summed E-state index contributed by atoms with van der Waals surface area (Å²) in [6.07, 6.45) is 3.91. The van der Waals surface area contributed by atoms with Crippen molar-refractivity contribution in [2.45, 2.75) is 19.3 Å². The minimum Gasteiger partial charge on any atom is -0.389 e. The molecule has 0 heterocycles. The van der Waals surface area contributed by atoms with Gasteiger partial charge >= 0.3 is 0 Å². The van der Waals surface area contributed by atoms with Crippen LogP contribution in [0.1, 0.15) is 24.8 Å². The first-order valence-electron chi connectivity index (χ1n) is 5.88. The Morgan fingerprint density at radius 1 is 1.53 bits per heavy atom. The first-order chi connectivity index (χ1) is 8.08. The minimum absolute atomic E-state index is 0.107. The summed E-state index contributed by atoms with van der Waals surface area (Å²) in [5.41, 5.74) is 6.63. The van der Waals surface area contributed by atoms with Crippen molar-refractivity contribution in [3.05, 3.63) is 29.6 Å². The summed E-state index contributed by atoms with van der Waals surface area (Å²) in [6, 6.07) is 5.04. The number of hydrogen-bond acceptors (Lipinski definition) is 2. The van der Waals surface area contributed by atoms with Crippen molar-refractivity contribution >= 4 is 22.9 Å². The van der Waals surface area contributed by atoms with Crippen molar-refractivity contribution in [3.63, 3.8) is 0 Å². The Morgan fingerprint density at radius 2 is 2.24 bits per heavy atom. The number of anilines is 1. The lowest BCUT2D eigenvalue weighted by Crippen LogP contribution is -2.29. The average molecular weight is 252 g/mol. The maximum Gasteiger partial charge on any atom is 0.135 e. The number of hydrogen-bond donors (Lipinski definition) is 1. The second kappa shape index (κ2) is 5.00. The van der Waals surface area contributed by atoms with Gasteiger partial charge in [-0.25, -0.2) is 4.39 Å². The van der Waals surface area contributed by atoms with Crippen LogP contribution >= 0.6 is 12.2 Å². The van der Waals surface area contributed by atoms with Gasteiger partial charge in [-0.1, -0.05) is 18.6 Å². The van der Waals surface area contributed by atoms with Crippen LogP contribution in [0.5, 0.6) is 0 Å². The smallest absolute Gasteiger partial charge is 0.135 e. The van der Waals surface area contributed by atoms with Crippen LogP contribution in [0, 0.1) is 11.7 Å². The molecule has 1 aliphatic carbocycles. The monoisotopic (exact) mass is 252 g/mol. The van der Waals surface area contributed by atoms with Crippen LogP contribution in [0.3, 0.4) is 0 Å². The van der Waals surface area contributed by atoms with Crippen LogP contribution in [0.2, 0.25) is 0 Å². The van der Waals surface area contributed by atoms with Gasteiger partial charge in [-0.2, -0.15) is 0 Å². The van der Waals surface area contributed by atoms with Crippen molar-refractivity contribution in [1.82, 2.24) is 0 Å². The summed E-state index contributed by atoms with van der Waals surface area (Å²) >= 11 is 4.78. The van der Waals surface area contributed by atoms with Crippen LogP contribution < -0.4 is 10.6 Å². The molecule has 0 aromatic heterocycles. The van der Waals surface area contributed by atoms with Crippen molar-refractivity contribution in [2.24, 2.45) is 11.7 Å². The fourth-order valence-electron chi connectivity index (χ4n) is 2.11. The fraction of sp³-hybridized carbons (Fsp3) is 0.462. The Kier molecular flexibility index (Phi) is 3.62. The van der Waals surface area contributed by atoms with E-state index in [4.69, 9.17) is 18.0 Å². The molecular formula is C13H17FN2S. The molecule has 1 aliphatic rings. The van der Waals surface area contributed by atoms with Gasteiger partial charge in [-0.3, -0.25) is 0 Å². The molecule has 1 saturated carbocycles. The molecule has 1 aromatic rings. The zero-order valence-corrected chi connectivity index (χ0v) is 10.8. The topological polar surface area (TPSA) is 29.3 Å². The third-order valence-electron chi connectivity index (χ3n) is 3.42. The van der Waals surface area contributed by atoms with Gasteiger partial charge in [0.05, 0.1) is 0 Å². The van der Waals surface area contributed by atoms with Gasteiger partial charge in [0.2, 0.25) is 0 Å². The molecule has 17 heavy (non-hydrogen) atoms. The Hall–Kier alpha value is -1.16. The van der Waals surface area contributed by atoms with E-state index in [0.29, 0.717) is 5.56 Å². The van der Waals surface area contributed by atoms with Crippen LogP contribution in [0.4, 0.5) is 10.1 Å². The SMILES string of the molecule is CN(CC1CCC1)c1ccc(C(N)=S)c(F)c1. The minimum atomic E-state index is -0.338. The summed E-state index contributed by atoms with van der Waals surface area (Å²) in [4.78, 5) is 2.20. The van der Waals surface area contributed by atoms with Crippen molar-refractivity contribution in [1.29, 1.82) is 0 Å². The fourth-order valence-corrected chi connectivity index (χ4v) is 2.27. The van der Waals surface area contributed by atoms with E-state index in [9.17, 15) is 4.39 Å². The predicted octanol–water partition coefficient (Wildman–Crippen LogP) is 2.70. The molecule has 0 spiro atoms. The number of nitrogens with two attached hydrogens (primary N) is 1. The van der Waals surface area contributed by atoms with Gasteiger partial charge in [-0.05, 0) is 37.0 Å². The van der Waals surface area contributed by atoms with Crippen LogP contribution in [-0.4, -0.2) is 18.6 Å². The third-order valence-corrected chi connectivity index (χ3v) is 3.64. The van der Waals surface area contributed by atoms with Crippen LogP contribution in [0.15, 0.2) is 18.2 Å². The van der Waals surface area contributed by atoms with Crippen LogP contribution in [-0.2, 0) is 0 Å². The van der Waals surface area contributed by atoms with E-state index >= 15 is 0 Å². The number of thiocarbonyl (C=S) groups is 1. The molecule has 0 radical (unpaired) electrons. The maximum absolute atomic E-state index is 13.7. The first kappa shape index (κ1) is 12.3. The van der Waals surface area contributed by atoms with Gasteiger partial charge < -0.3 is 10.6 Å². The lowest BCUT2D eigenvalue weighted by atomic mass is 9.85. The van der Waals surface area contributed by atoms with E-state index in [1.807, 2.05) is 13.1 Å². The van der Waals surface area contributed by atoms with Crippen molar-refractivity contribution < 1.29 is 4.39 Å². The highest BCUT2D eigenvalue weighted by Crippen LogP contribution is 2.28. The van der Waals surface area contributed by atoms with E-state index in [2.05, 4.69) is 4.90 Å². The van der Waals surface area contributed by atoms with E-state index in [1.54, 1.807) is 6.07 Å². The van der Waals surface area contributed by atoms with Crippen LogP contribution in [0.25, 0.3) is 0 Å². The van der Waals surface area contributed by atoms with Gasteiger partial charge in [0.15, 0.2) is 0 Å². The molecule has 0 atom stereocenters. The highest BCUT2D eigenvalue weighted by molar-refractivity contribution is 7.80. The largest absolute Gasteiger partial charge is 0.389 e. The van der Waals surface area contributed by atoms with E-state index in [0.717, 1.165) is 18.2 Å². The molecule has 92 valence electrons. The molecule has 2 rings (SSSR count). The summed E-state index contributed by atoms with van der Waals surface area (Å²) in [5.74, 6) is 0.425. The molecule has 1 fully saturated rings. The number of rotatable bonds is 4. The Balaban J connectivity index is 2.10. The summed E-state index contributed by atoms with van der Waals surface area (Å²) in [5, 5.41) is 0. The third kappa shape index (κ3) is 2.75. The first-order valence-corrected chi connectivity index (χ1v) is 6.29. The molecule has 2 N–H and O–H groups in total. The quantitative estimate of drug-likeness (QED) is 0.835. The van der Waals surface area contributed by atoms with E-state index < -0.39 is 0 Å². The standard InChI is InChI=1S/C13H17FN2S/c1-16(8-9-3-2-4-9)10-5-6-11(13(15)17)12(14)7-10/h5-7,9H,2-4,8H2,1H3,(H2,15,17). The average Bonchev–Trinajstić information content (AvgIpc) is 2.22. The molecule has 1 aromatic carbocycles. The van der Waals surface area contributed by atoms with Crippen molar-refractivity contribution in [2.75, 3.05) is 18.5 Å². The molecule has 2 nitrogen and oxygen atoms in total. The van der Waals surface area contributed by atoms with Crippen molar-refractivity contribution in [3.8, 4) is 0 Å². The maximum atomic E-state index is 13.7. The van der Waals surface area contributed by atoms with Gasteiger partial charge in [-0.15, -0.1) is 0 Å². The normalized spacial score (nSPS) is 15.4. The van der Waals surface area contributed by atoms with E-state index in [1.165, 1.54) is 25.3 Å². The Labute approximate surface area is 107 Å². The Morgan fingerprint density at radius 3 is 2.71 bits per heavy atom. The summed E-state index contributed by atoms with van der Waals surface area (Å²) < 4.78 is 13.7. The lowest BCUT2D eigenvalue weighted by molar-refractivity contribution is 0.321. The molecule has 0 saturated heterocycles. The summed E-state index contributed by atoms with van der Waals surface area (Å²) in [6.45, 7) is 0.992. The molecule has 0 amide bonds. The second-order valence-electron chi connectivity index (χ2n) is 4.71. The molecule has 0 bridgehead atoms. The molecule has 0 unspecified atom stereocenters. The van der Waals surface area contributed by atoms with E-state index in [-0.39, 0.29) is 10.8 Å². The molecule has 4 heteroatoms. The van der Waals surface area contributed by atoms with Gasteiger partial charge in [0.25, 0.3) is 0 Å². The molecular weight excluding hydrogens is 235 g/mol.